The number of rotatable bonds is 12. The Bertz CT molecular complexity index is 1760. The number of hydrogen-bond donors (Lipinski definition) is 6. The number of fused-ring (bicyclic) bond motifs is 1. The molecule has 4 aromatic rings. The molecule has 3 aromatic heterocycles. The Kier molecular flexibility index (Phi) is 9.28. The lowest BCUT2D eigenvalue weighted by Crippen LogP contribution is -2.56. The van der Waals surface area contributed by atoms with Crippen LogP contribution in [0.4, 0.5) is 16.4 Å². The number of H-pyrrole nitrogens is 1. The number of Topliss-reactive ketones (excluding diaryl/α,β-unsaturated/α-hetero) is 1. The lowest BCUT2D eigenvalue weighted by atomic mass is 9.86. The predicted octanol–water partition coefficient (Wildman–Crippen LogP) is 0.211. The smallest absolute Gasteiger partial charge is 0.418 e. The summed E-state index contributed by atoms with van der Waals surface area (Å²) in [5, 5.41) is 14.9. The molecule has 1 amide bonds. The van der Waals surface area contributed by atoms with Crippen LogP contribution in [0.3, 0.4) is 0 Å². The maximum absolute atomic E-state index is 13.4. The van der Waals surface area contributed by atoms with E-state index < -0.39 is 40.9 Å². The maximum Gasteiger partial charge on any atom is 0.418 e. The number of aromatic nitrogens is 6. The van der Waals surface area contributed by atoms with E-state index >= 15 is 0 Å². The van der Waals surface area contributed by atoms with E-state index in [0.29, 0.717) is 17.1 Å². The van der Waals surface area contributed by atoms with Gasteiger partial charge in [-0.05, 0) is 37.6 Å². The number of aromatic amines is 1. The van der Waals surface area contributed by atoms with Crippen molar-refractivity contribution in [1.29, 1.82) is 0 Å². The summed E-state index contributed by atoms with van der Waals surface area (Å²) in [7, 11) is 1.21. The third-order valence-electron chi connectivity index (χ3n) is 6.51. The fourth-order valence-corrected chi connectivity index (χ4v) is 4.29. The molecule has 0 saturated heterocycles. The first-order valence-corrected chi connectivity index (χ1v) is 13.2. The molecule has 4 rings (SSSR count). The van der Waals surface area contributed by atoms with Gasteiger partial charge >= 0.3 is 12.1 Å². The second kappa shape index (κ2) is 13.1. The minimum absolute atomic E-state index is 0.0435. The van der Waals surface area contributed by atoms with Crippen molar-refractivity contribution < 1.29 is 29.0 Å². The number of nitrogen functional groups attached to an aromatic ring is 1. The Hall–Kier alpha value is -5.71. The first kappa shape index (κ1) is 31.2. The quantitative estimate of drug-likeness (QED) is 0.126. The van der Waals surface area contributed by atoms with E-state index in [0.717, 1.165) is 4.57 Å². The molecular formula is C27H30N10O7. The van der Waals surface area contributed by atoms with E-state index in [9.17, 15) is 29.1 Å². The number of aliphatic carboxylic acids is 1. The summed E-state index contributed by atoms with van der Waals surface area (Å²) < 4.78 is 5.71. The van der Waals surface area contributed by atoms with Crippen LogP contribution in [-0.4, -0.2) is 77.0 Å². The standard InChI is InChI=1S/C27H30N10O7/c1-27(29,9-16-12-37(13-32-16)26(43)44-2)21(40)18(7-8-19(38)39)34-23(41)14-3-5-15(6-4-14)30-10-17-11-31-22-20(33-17)24(42)36-25(28)35-22/h3-6,11-13,18,30H,7-10,29H2,1-2H3,(H,34,41)(H,38,39)(H3,28,31,35,36,42)/t18-,27+/m0/s1. The Morgan fingerprint density at radius 1 is 1.14 bits per heavy atom. The molecule has 230 valence electrons. The maximum atomic E-state index is 13.4. The largest absolute Gasteiger partial charge is 0.481 e. The van der Waals surface area contributed by atoms with E-state index in [1.165, 1.54) is 44.9 Å². The minimum atomic E-state index is -1.56. The number of amides is 1. The van der Waals surface area contributed by atoms with E-state index in [4.69, 9.17) is 11.5 Å². The first-order chi connectivity index (χ1) is 20.9. The summed E-state index contributed by atoms with van der Waals surface area (Å²) >= 11 is 0. The number of carboxylic acid groups (broad SMARTS) is 1. The molecule has 0 aliphatic heterocycles. The van der Waals surface area contributed by atoms with Gasteiger partial charge in [-0.3, -0.25) is 24.2 Å². The van der Waals surface area contributed by atoms with E-state index in [2.05, 4.69) is 40.3 Å². The molecular weight excluding hydrogens is 576 g/mol. The average molecular weight is 607 g/mol. The van der Waals surface area contributed by atoms with Gasteiger partial charge in [0.05, 0.1) is 42.8 Å². The third-order valence-corrected chi connectivity index (χ3v) is 6.51. The van der Waals surface area contributed by atoms with Crippen molar-refractivity contribution >= 4 is 46.6 Å². The van der Waals surface area contributed by atoms with Crippen LogP contribution in [0.5, 0.6) is 0 Å². The number of carbonyl (C=O) groups is 4. The first-order valence-electron chi connectivity index (χ1n) is 13.2. The van der Waals surface area contributed by atoms with Gasteiger partial charge in [0.2, 0.25) is 5.95 Å². The monoisotopic (exact) mass is 606 g/mol. The number of methoxy groups -OCH3 is 1. The van der Waals surface area contributed by atoms with E-state index in [1.54, 1.807) is 12.1 Å². The molecule has 2 atom stereocenters. The number of carboxylic acids is 1. The summed E-state index contributed by atoms with van der Waals surface area (Å²) in [6, 6.07) is 5.06. The predicted molar refractivity (Wildman–Crippen MR) is 156 cm³/mol. The van der Waals surface area contributed by atoms with Gasteiger partial charge in [0.15, 0.2) is 16.9 Å². The fourth-order valence-electron chi connectivity index (χ4n) is 4.29. The Morgan fingerprint density at radius 2 is 1.86 bits per heavy atom. The number of nitrogens with two attached hydrogens (primary N) is 2. The molecule has 0 aliphatic rings. The molecule has 17 nitrogen and oxygen atoms in total. The topological polar surface area (TPSA) is 263 Å². The van der Waals surface area contributed by atoms with Gasteiger partial charge < -0.3 is 31.9 Å². The molecule has 0 fully saturated rings. The molecule has 0 unspecified atom stereocenters. The summed E-state index contributed by atoms with van der Waals surface area (Å²) in [4.78, 5) is 80.3. The number of ether oxygens (including phenoxy) is 1. The highest BCUT2D eigenvalue weighted by molar-refractivity contribution is 6.00. The van der Waals surface area contributed by atoms with Crippen LogP contribution in [0.2, 0.25) is 0 Å². The molecule has 0 radical (unpaired) electrons. The molecule has 44 heavy (non-hydrogen) atoms. The lowest BCUT2D eigenvalue weighted by Gasteiger charge is -2.28. The van der Waals surface area contributed by atoms with Crippen molar-refractivity contribution in [2.75, 3.05) is 18.2 Å². The van der Waals surface area contributed by atoms with Gasteiger partial charge in [-0.2, -0.15) is 4.98 Å². The van der Waals surface area contributed by atoms with Gasteiger partial charge in [0.1, 0.15) is 6.33 Å². The van der Waals surface area contributed by atoms with Gasteiger partial charge in [0.25, 0.3) is 11.5 Å². The zero-order valence-electron chi connectivity index (χ0n) is 23.7. The summed E-state index contributed by atoms with van der Waals surface area (Å²) in [6.45, 7) is 1.64. The zero-order chi connectivity index (χ0) is 32.0. The van der Waals surface area contributed by atoms with Crippen LogP contribution in [-0.2, 0) is 27.3 Å². The molecule has 0 saturated carbocycles. The number of ketones is 1. The molecule has 1 aromatic carbocycles. The summed E-state index contributed by atoms with van der Waals surface area (Å²) in [5.41, 5.74) is 11.5. The van der Waals surface area contributed by atoms with Gasteiger partial charge in [-0.1, -0.05) is 0 Å². The van der Waals surface area contributed by atoms with Crippen molar-refractivity contribution in [2.24, 2.45) is 5.73 Å². The Morgan fingerprint density at radius 3 is 2.55 bits per heavy atom. The highest BCUT2D eigenvalue weighted by Gasteiger charge is 2.36. The van der Waals surface area contributed by atoms with Gasteiger partial charge in [-0.25, -0.2) is 24.3 Å². The molecule has 0 bridgehead atoms. The fraction of sp³-hybridized carbons (Fsp3) is 0.296. The van der Waals surface area contributed by atoms with Crippen LogP contribution in [0, 0.1) is 0 Å². The summed E-state index contributed by atoms with van der Waals surface area (Å²) in [5.74, 6) is -2.43. The van der Waals surface area contributed by atoms with Crippen molar-refractivity contribution in [1.82, 2.24) is 34.8 Å². The molecule has 17 heteroatoms. The van der Waals surface area contributed by atoms with E-state index in [-0.39, 0.29) is 48.5 Å². The van der Waals surface area contributed by atoms with Crippen molar-refractivity contribution in [3.05, 3.63) is 70.3 Å². The molecule has 0 aliphatic carbocycles. The second-order valence-corrected chi connectivity index (χ2v) is 10.1. The third kappa shape index (κ3) is 7.57. The average Bonchev–Trinajstić information content (AvgIpc) is 3.45. The number of carbonyl (C=O) groups excluding carboxylic acids is 3. The van der Waals surface area contributed by atoms with Gasteiger partial charge in [0, 0.05) is 30.3 Å². The number of nitrogens with zero attached hydrogens (tertiary/aromatic N) is 5. The Labute approximate surface area is 249 Å². The zero-order valence-corrected chi connectivity index (χ0v) is 23.7. The van der Waals surface area contributed by atoms with Crippen LogP contribution >= 0.6 is 0 Å². The number of nitrogens with one attached hydrogen (secondary N) is 3. The molecule has 3 heterocycles. The van der Waals surface area contributed by atoms with Crippen LogP contribution < -0.4 is 27.7 Å². The molecule has 8 N–H and O–H groups in total. The lowest BCUT2D eigenvalue weighted by molar-refractivity contribution is -0.137. The van der Waals surface area contributed by atoms with Crippen LogP contribution in [0.15, 0.2) is 47.8 Å². The number of imidazole rings is 1. The highest BCUT2D eigenvalue weighted by Crippen LogP contribution is 2.17. The minimum Gasteiger partial charge on any atom is -0.481 e. The number of benzene rings is 1. The van der Waals surface area contributed by atoms with E-state index in [1.807, 2.05) is 0 Å². The number of anilines is 2. The van der Waals surface area contributed by atoms with Crippen LogP contribution in [0.1, 0.15) is 41.5 Å². The van der Waals surface area contributed by atoms with Crippen molar-refractivity contribution in [3.63, 3.8) is 0 Å². The van der Waals surface area contributed by atoms with Crippen molar-refractivity contribution in [2.45, 2.75) is 44.3 Å². The normalized spacial score (nSPS) is 13.1. The summed E-state index contributed by atoms with van der Waals surface area (Å²) in [6.07, 6.45) is 2.69. The Balaban J connectivity index is 1.41. The second-order valence-electron chi connectivity index (χ2n) is 10.1. The number of hydrogen-bond acceptors (Lipinski definition) is 13. The highest BCUT2D eigenvalue weighted by atomic mass is 16.5. The van der Waals surface area contributed by atoms with Crippen molar-refractivity contribution in [3.8, 4) is 0 Å². The van der Waals surface area contributed by atoms with Gasteiger partial charge in [-0.15, -0.1) is 0 Å². The SMILES string of the molecule is COC(=O)n1cnc(C[C@@](C)(N)C(=O)[C@H](CCC(=O)O)NC(=O)c2ccc(NCc3cnc4nc(N)[nH]c(=O)c4n3)cc2)c1. The molecule has 0 spiro atoms. The van der Waals surface area contributed by atoms with Crippen LogP contribution in [0.25, 0.3) is 11.2 Å².